The van der Waals surface area contributed by atoms with Gasteiger partial charge in [-0.2, -0.15) is 0 Å². The van der Waals surface area contributed by atoms with Gasteiger partial charge in [-0.05, 0) is 193 Å². The van der Waals surface area contributed by atoms with Crippen LogP contribution in [0.5, 0.6) is 0 Å². The van der Waals surface area contributed by atoms with Gasteiger partial charge in [0.05, 0.1) is 55.5 Å². The van der Waals surface area contributed by atoms with E-state index in [2.05, 4.69) is 445 Å². The number of thiophene rings is 2. The number of hydrogen-bond acceptors (Lipinski definition) is 6. The predicted molar refractivity (Wildman–Crippen MR) is 550 cm³/mol. The molecule has 18 aromatic carbocycles. The van der Waals surface area contributed by atoms with Gasteiger partial charge in [0.25, 0.3) is 0 Å². The highest BCUT2D eigenvalue weighted by molar-refractivity contribution is 7.27. The second-order valence-electron chi connectivity index (χ2n) is 34.7. The molecule has 8 aromatic heterocycles. The summed E-state index contributed by atoms with van der Waals surface area (Å²) in [7, 11) is -2.75. The van der Waals surface area contributed by atoms with E-state index in [1.54, 1.807) is 0 Å². The van der Waals surface area contributed by atoms with Crippen molar-refractivity contribution < 1.29 is 0 Å². The highest BCUT2D eigenvalue weighted by Crippen LogP contribution is 2.53. The van der Waals surface area contributed by atoms with Crippen LogP contribution in [-0.2, 0) is 5.41 Å². The minimum atomic E-state index is -2.75. The third-order valence-electron chi connectivity index (χ3n) is 27.4. The van der Waals surface area contributed by atoms with E-state index in [9.17, 15) is 0 Å². The van der Waals surface area contributed by atoms with Crippen molar-refractivity contribution in [3.8, 4) is 79.2 Å². The SMILES string of the molecule is CC1(C)c2ccccc2-c2cc3c4cc(-c5ccc6c(c5)c5ccccc5n6-c5nccc(-c6cccc7c6sc6ccccc67)n5)ccc4n(-c4ccccc4)c3cc21.c1ccc(-n2c3ccc(-c4ccc5c(c4)c4ccccc4n5-c4nccc(-c5cccc([Si](c6ccccc6)(c6ccccc6)c6ccccc6)c5)n4)cc3c3c4sc5ccccc5c4ccc32)cc1. The van der Waals surface area contributed by atoms with Crippen molar-refractivity contribution in [1.29, 1.82) is 0 Å². The molecular weight excluding hydrogens is 1630 g/mol. The lowest BCUT2D eigenvalue weighted by Gasteiger charge is -2.34. The third-order valence-corrected chi connectivity index (χ3v) is 34.6. The number of benzene rings is 18. The summed E-state index contributed by atoms with van der Waals surface area (Å²) in [5.41, 5.74) is 25.5. The van der Waals surface area contributed by atoms with Crippen molar-refractivity contribution in [1.82, 2.24) is 38.2 Å². The van der Waals surface area contributed by atoms with Crippen LogP contribution in [0.25, 0.3) is 207 Å². The number of nitrogens with zero attached hydrogens (tertiary/aromatic N) is 8. The van der Waals surface area contributed by atoms with Gasteiger partial charge < -0.3 is 9.13 Å². The van der Waals surface area contributed by atoms with Crippen molar-refractivity contribution in [2.24, 2.45) is 0 Å². The van der Waals surface area contributed by atoms with Crippen molar-refractivity contribution in [3.05, 3.63) is 448 Å². The van der Waals surface area contributed by atoms with Crippen LogP contribution in [0.4, 0.5) is 0 Å². The quantitative estimate of drug-likeness (QED) is 0.0903. The first-order chi connectivity index (χ1) is 64.2. The van der Waals surface area contributed by atoms with E-state index in [0.29, 0.717) is 11.9 Å². The van der Waals surface area contributed by atoms with Crippen LogP contribution < -0.4 is 20.7 Å². The van der Waals surface area contributed by atoms with Gasteiger partial charge in [-0.3, -0.25) is 9.13 Å². The van der Waals surface area contributed by atoms with Crippen LogP contribution in [0.2, 0.25) is 0 Å². The Morgan fingerprint density at radius 2 is 0.638 bits per heavy atom. The molecule has 1 aliphatic carbocycles. The van der Waals surface area contributed by atoms with E-state index in [4.69, 9.17) is 19.9 Å². The van der Waals surface area contributed by atoms with Gasteiger partial charge in [-0.15, -0.1) is 22.7 Å². The zero-order chi connectivity index (χ0) is 85.9. The Kier molecular flexibility index (Phi) is 17.3. The molecule has 0 spiro atoms. The lowest BCUT2D eigenvalue weighted by Crippen LogP contribution is -2.74. The summed E-state index contributed by atoms with van der Waals surface area (Å²) < 4.78 is 14.5. The van der Waals surface area contributed by atoms with E-state index in [-0.39, 0.29) is 5.41 Å². The van der Waals surface area contributed by atoms with Gasteiger partial charge in [-0.1, -0.05) is 311 Å². The smallest absolute Gasteiger partial charge is 0.235 e. The second kappa shape index (κ2) is 29.8. The molecule has 0 saturated carbocycles. The Labute approximate surface area is 758 Å². The molecule has 0 saturated heterocycles. The average Bonchev–Trinajstić information content (AvgIpc) is 1.53. The number of rotatable bonds is 12. The molecule has 0 bridgehead atoms. The molecule has 130 heavy (non-hydrogen) atoms. The molecule has 610 valence electrons. The monoisotopic (exact) mass is 1710 g/mol. The van der Waals surface area contributed by atoms with E-state index in [1.807, 2.05) is 47.2 Å². The molecule has 27 rings (SSSR count). The van der Waals surface area contributed by atoms with Crippen molar-refractivity contribution in [2.75, 3.05) is 0 Å². The number of para-hydroxylation sites is 4. The van der Waals surface area contributed by atoms with Crippen LogP contribution in [0, 0.1) is 0 Å². The minimum absolute atomic E-state index is 0.0859. The van der Waals surface area contributed by atoms with E-state index in [1.165, 1.54) is 160 Å². The summed E-state index contributed by atoms with van der Waals surface area (Å²) in [6.45, 7) is 4.72. The maximum absolute atomic E-state index is 5.40. The Bertz CT molecular complexity index is 9000. The zero-order valence-corrected chi connectivity index (χ0v) is 73.6. The topological polar surface area (TPSA) is 71.3 Å². The molecule has 8 nitrogen and oxygen atoms in total. The maximum atomic E-state index is 5.40. The molecule has 0 aliphatic heterocycles. The maximum Gasteiger partial charge on any atom is 0.235 e. The van der Waals surface area contributed by atoms with E-state index in [0.717, 1.165) is 66.6 Å². The summed E-state index contributed by atoms with van der Waals surface area (Å²) >= 11 is 3.72. The fourth-order valence-corrected chi connectivity index (χ4v) is 28.7. The summed E-state index contributed by atoms with van der Waals surface area (Å²) in [4.78, 5) is 20.6. The predicted octanol–water partition coefficient (Wildman–Crippen LogP) is 28.4. The lowest BCUT2D eigenvalue weighted by molar-refractivity contribution is 0.661. The zero-order valence-electron chi connectivity index (χ0n) is 71.0. The lowest BCUT2D eigenvalue weighted by atomic mass is 9.82. The molecule has 0 atom stereocenters. The summed E-state index contributed by atoms with van der Waals surface area (Å²) in [6, 6.07) is 155. The van der Waals surface area contributed by atoms with Crippen molar-refractivity contribution >= 4 is 179 Å². The molecule has 8 heterocycles. The molecule has 0 amide bonds. The Morgan fingerprint density at radius 1 is 0.238 bits per heavy atom. The largest absolute Gasteiger partial charge is 0.309 e. The minimum Gasteiger partial charge on any atom is -0.309 e. The highest BCUT2D eigenvalue weighted by Gasteiger charge is 2.42. The number of aromatic nitrogens is 8. The van der Waals surface area contributed by atoms with Gasteiger partial charge in [0, 0.05) is 124 Å². The third kappa shape index (κ3) is 11.7. The fraction of sp³-hybridized carbons (Fsp3) is 0.0252. The first-order valence-electron chi connectivity index (χ1n) is 44.4. The van der Waals surface area contributed by atoms with Crippen LogP contribution in [0.3, 0.4) is 0 Å². The molecular formula is C119H78N8S2Si. The van der Waals surface area contributed by atoms with Gasteiger partial charge >= 0.3 is 0 Å². The molecule has 1 aliphatic rings. The Balaban J connectivity index is 0.000000138. The molecule has 11 heteroatoms. The summed E-state index contributed by atoms with van der Waals surface area (Å²) in [5, 5.41) is 20.2. The summed E-state index contributed by atoms with van der Waals surface area (Å²) in [5.74, 6) is 1.30. The molecule has 0 radical (unpaired) electrons. The van der Waals surface area contributed by atoms with Crippen molar-refractivity contribution in [2.45, 2.75) is 19.3 Å². The average molecular weight is 1710 g/mol. The van der Waals surface area contributed by atoms with Gasteiger partial charge in [0.2, 0.25) is 11.9 Å². The Morgan fingerprint density at radius 3 is 1.22 bits per heavy atom. The molecule has 0 unspecified atom stereocenters. The van der Waals surface area contributed by atoms with Crippen LogP contribution in [0.1, 0.15) is 25.0 Å². The van der Waals surface area contributed by atoms with Crippen LogP contribution in [0.15, 0.2) is 437 Å². The molecule has 0 N–H and O–H groups in total. The first-order valence-corrected chi connectivity index (χ1v) is 48.0. The van der Waals surface area contributed by atoms with Gasteiger partial charge in [0.1, 0.15) is 0 Å². The van der Waals surface area contributed by atoms with E-state index < -0.39 is 8.07 Å². The van der Waals surface area contributed by atoms with Crippen LogP contribution >= 0.6 is 22.7 Å². The normalized spacial score (nSPS) is 12.6. The number of fused-ring (bicyclic) bond motifs is 22. The fourth-order valence-electron chi connectivity index (χ4n) is 21.5. The highest BCUT2D eigenvalue weighted by atomic mass is 32.1. The van der Waals surface area contributed by atoms with Gasteiger partial charge in [-0.25, -0.2) is 19.9 Å². The number of hydrogen-bond donors (Lipinski definition) is 0. The summed E-state index contributed by atoms with van der Waals surface area (Å²) in [6.07, 6.45) is 3.80. The van der Waals surface area contributed by atoms with Crippen LogP contribution in [-0.4, -0.2) is 46.3 Å². The van der Waals surface area contributed by atoms with Crippen molar-refractivity contribution in [3.63, 3.8) is 0 Å². The Hall–Kier alpha value is -16.0. The first kappa shape index (κ1) is 75.3. The van der Waals surface area contributed by atoms with Gasteiger partial charge in [0.15, 0.2) is 8.07 Å². The molecule has 0 fully saturated rings. The second-order valence-corrected chi connectivity index (χ2v) is 40.6. The standard InChI is InChI=1S/C64H42N4SSi.C55H36N4S/c1-5-19-46(20-6-1)67-59-36-33-44(42-55(59)62-60(67)37-34-53-52-29-14-16-31-61(52)69-63(53)62)43-32-35-58-54(41-43)51-28-13-15-30-57(51)68(58)64-65-39-38-56(66-64)45-18-17-27-50(40-45)70(47-21-7-2-8-22-47,48-23-9-3-10-24-48)49-25-11-4-12-26-49;1-55(2)45-20-9-6-15-36(45)41-31-44-43-30-34(23-25-49(43)58(51(44)32-46(41)55)35-13-4-3-5-14-35)33-24-26-50-42(29-33)37-16-7-10-21-48(37)59(50)54-56-28-27-47(57-54)40-19-12-18-39-38-17-8-11-22-52(38)60-53(39)40/h1-42H;3-32H,1-2H3. The van der Waals surface area contributed by atoms with E-state index >= 15 is 0 Å². The molecule has 26 aromatic rings.